The molecule has 1 fully saturated rings. The second kappa shape index (κ2) is 9.50. The Bertz CT molecular complexity index is 671. The van der Waals surface area contributed by atoms with E-state index in [1.165, 1.54) is 0 Å². The zero-order valence-corrected chi connectivity index (χ0v) is 15.7. The van der Waals surface area contributed by atoms with Crippen LogP contribution >= 0.6 is 0 Å². The number of benzene rings is 1. The van der Waals surface area contributed by atoms with E-state index >= 15 is 0 Å². The Morgan fingerprint density at radius 3 is 2.58 bits per heavy atom. The Morgan fingerprint density at radius 1 is 1.08 bits per heavy atom. The summed E-state index contributed by atoms with van der Waals surface area (Å²) in [6.07, 6.45) is 0. The first-order valence-corrected chi connectivity index (χ1v) is 9.43. The fourth-order valence-corrected chi connectivity index (χ4v) is 2.83. The van der Waals surface area contributed by atoms with E-state index in [4.69, 9.17) is 9.72 Å². The summed E-state index contributed by atoms with van der Waals surface area (Å²) < 4.78 is 5.40. The zero-order chi connectivity index (χ0) is 18.2. The molecule has 1 aliphatic rings. The molecule has 1 aromatic carbocycles. The zero-order valence-electron chi connectivity index (χ0n) is 15.7. The van der Waals surface area contributed by atoms with E-state index in [2.05, 4.69) is 46.5 Å². The lowest BCUT2D eigenvalue weighted by atomic mass is 10.1. The molecule has 26 heavy (non-hydrogen) atoms. The third kappa shape index (κ3) is 5.68. The summed E-state index contributed by atoms with van der Waals surface area (Å²) in [7, 11) is 0. The lowest BCUT2D eigenvalue weighted by Gasteiger charge is -2.26. The van der Waals surface area contributed by atoms with Crippen LogP contribution in [0.4, 0.5) is 11.8 Å². The van der Waals surface area contributed by atoms with Crippen molar-refractivity contribution in [2.45, 2.75) is 13.8 Å². The molecule has 2 aromatic rings. The number of anilines is 2. The van der Waals surface area contributed by atoms with E-state index in [9.17, 15) is 0 Å². The molecule has 3 rings (SSSR count). The third-order valence-corrected chi connectivity index (χ3v) is 4.30. The minimum absolute atomic E-state index is 0.558. The van der Waals surface area contributed by atoms with Gasteiger partial charge in [0.15, 0.2) is 0 Å². The number of morpholine rings is 1. The number of hydrogen-bond acceptors (Lipinski definition) is 6. The highest BCUT2D eigenvalue weighted by Crippen LogP contribution is 2.21. The lowest BCUT2D eigenvalue weighted by molar-refractivity contribution is 0.0398. The molecule has 0 bridgehead atoms. The van der Waals surface area contributed by atoms with Crippen molar-refractivity contribution < 1.29 is 4.74 Å². The highest BCUT2D eigenvalue weighted by molar-refractivity contribution is 5.64. The number of rotatable bonds is 8. The van der Waals surface area contributed by atoms with Gasteiger partial charge in [0.25, 0.3) is 0 Å². The standard InChI is InChI=1S/C20H29N5O/c1-16(2)15-22-19-14-18(17-6-4-3-5-7-17)23-20(24-19)21-8-9-25-10-12-26-13-11-25/h3-7,14,16H,8-13,15H2,1-2H3,(H2,21,22,23,24). The Morgan fingerprint density at radius 2 is 1.85 bits per heavy atom. The summed E-state index contributed by atoms with van der Waals surface area (Å²) >= 11 is 0. The van der Waals surface area contributed by atoms with Crippen molar-refractivity contribution in [1.29, 1.82) is 0 Å². The van der Waals surface area contributed by atoms with Crippen molar-refractivity contribution in [2.24, 2.45) is 5.92 Å². The molecule has 1 aromatic heterocycles. The fraction of sp³-hybridized carbons (Fsp3) is 0.500. The second-order valence-electron chi connectivity index (χ2n) is 6.98. The van der Waals surface area contributed by atoms with Crippen LogP contribution in [0, 0.1) is 5.92 Å². The maximum atomic E-state index is 5.40. The van der Waals surface area contributed by atoms with Crippen molar-refractivity contribution in [3.63, 3.8) is 0 Å². The number of nitrogens with zero attached hydrogens (tertiary/aromatic N) is 3. The van der Waals surface area contributed by atoms with Crippen LogP contribution < -0.4 is 10.6 Å². The molecule has 2 N–H and O–H groups in total. The Balaban J connectivity index is 1.69. The third-order valence-electron chi connectivity index (χ3n) is 4.30. The van der Waals surface area contributed by atoms with Crippen LogP contribution in [0.3, 0.4) is 0 Å². The van der Waals surface area contributed by atoms with Crippen molar-refractivity contribution in [1.82, 2.24) is 14.9 Å². The van der Waals surface area contributed by atoms with Gasteiger partial charge in [-0.25, -0.2) is 4.98 Å². The summed E-state index contributed by atoms with van der Waals surface area (Å²) in [6.45, 7) is 10.7. The van der Waals surface area contributed by atoms with E-state index < -0.39 is 0 Å². The number of hydrogen-bond donors (Lipinski definition) is 2. The molecular formula is C20H29N5O. The minimum atomic E-state index is 0.558. The quantitative estimate of drug-likeness (QED) is 0.759. The Labute approximate surface area is 156 Å². The smallest absolute Gasteiger partial charge is 0.225 e. The number of nitrogens with one attached hydrogen (secondary N) is 2. The molecule has 0 radical (unpaired) electrons. The van der Waals surface area contributed by atoms with Gasteiger partial charge >= 0.3 is 0 Å². The van der Waals surface area contributed by atoms with Crippen LogP contribution in [-0.2, 0) is 4.74 Å². The van der Waals surface area contributed by atoms with Crippen molar-refractivity contribution in [3.8, 4) is 11.3 Å². The average Bonchev–Trinajstić information content (AvgIpc) is 2.68. The van der Waals surface area contributed by atoms with Crippen LogP contribution in [0.2, 0.25) is 0 Å². The van der Waals surface area contributed by atoms with Gasteiger partial charge in [-0.3, -0.25) is 4.90 Å². The van der Waals surface area contributed by atoms with Crippen LogP contribution in [-0.4, -0.2) is 60.8 Å². The van der Waals surface area contributed by atoms with Crippen LogP contribution in [0.25, 0.3) is 11.3 Å². The SMILES string of the molecule is CC(C)CNc1cc(-c2ccccc2)nc(NCCN2CCOCC2)n1. The molecule has 6 heteroatoms. The number of ether oxygens (including phenoxy) is 1. The number of aromatic nitrogens is 2. The maximum absolute atomic E-state index is 5.40. The molecule has 0 spiro atoms. The van der Waals surface area contributed by atoms with Gasteiger partial charge in [-0.2, -0.15) is 4.98 Å². The van der Waals surface area contributed by atoms with Gasteiger partial charge in [-0.05, 0) is 5.92 Å². The highest BCUT2D eigenvalue weighted by atomic mass is 16.5. The predicted molar refractivity (Wildman–Crippen MR) is 107 cm³/mol. The second-order valence-corrected chi connectivity index (χ2v) is 6.98. The van der Waals surface area contributed by atoms with Crippen LogP contribution in [0.1, 0.15) is 13.8 Å². The minimum Gasteiger partial charge on any atom is -0.379 e. The van der Waals surface area contributed by atoms with Gasteiger partial charge in [-0.15, -0.1) is 0 Å². The maximum Gasteiger partial charge on any atom is 0.225 e. The first kappa shape index (κ1) is 18.6. The first-order valence-electron chi connectivity index (χ1n) is 9.43. The van der Waals surface area contributed by atoms with Gasteiger partial charge < -0.3 is 15.4 Å². The van der Waals surface area contributed by atoms with Crippen molar-refractivity contribution in [2.75, 3.05) is 56.6 Å². The average molecular weight is 355 g/mol. The molecule has 0 saturated carbocycles. The van der Waals surface area contributed by atoms with E-state index in [1.807, 2.05) is 24.3 Å². The summed E-state index contributed by atoms with van der Waals surface area (Å²) in [5.41, 5.74) is 2.03. The Hall–Kier alpha value is -2.18. The van der Waals surface area contributed by atoms with Gasteiger partial charge in [0.05, 0.1) is 18.9 Å². The Kier molecular flexibility index (Phi) is 6.80. The first-order chi connectivity index (χ1) is 12.7. The van der Waals surface area contributed by atoms with Gasteiger partial charge in [-0.1, -0.05) is 44.2 Å². The van der Waals surface area contributed by atoms with E-state index in [-0.39, 0.29) is 0 Å². The van der Waals surface area contributed by atoms with Gasteiger partial charge in [0, 0.05) is 44.4 Å². The molecule has 0 amide bonds. The van der Waals surface area contributed by atoms with E-state index in [1.54, 1.807) is 0 Å². The molecule has 1 saturated heterocycles. The van der Waals surface area contributed by atoms with Crippen LogP contribution in [0.15, 0.2) is 36.4 Å². The van der Waals surface area contributed by atoms with Crippen LogP contribution in [0.5, 0.6) is 0 Å². The molecule has 0 atom stereocenters. The fourth-order valence-electron chi connectivity index (χ4n) is 2.83. The monoisotopic (exact) mass is 355 g/mol. The van der Waals surface area contributed by atoms with Gasteiger partial charge in [0.2, 0.25) is 5.95 Å². The van der Waals surface area contributed by atoms with E-state index in [0.717, 1.165) is 63.0 Å². The normalized spacial score (nSPS) is 15.2. The summed E-state index contributed by atoms with van der Waals surface area (Å²) in [5, 5.41) is 6.80. The summed E-state index contributed by atoms with van der Waals surface area (Å²) in [6, 6.07) is 12.3. The van der Waals surface area contributed by atoms with E-state index in [0.29, 0.717) is 11.9 Å². The van der Waals surface area contributed by atoms with Crippen molar-refractivity contribution >= 4 is 11.8 Å². The summed E-state index contributed by atoms with van der Waals surface area (Å²) in [5.74, 6) is 2.09. The van der Waals surface area contributed by atoms with Gasteiger partial charge in [0.1, 0.15) is 5.82 Å². The largest absolute Gasteiger partial charge is 0.379 e. The van der Waals surface area contributed by atoms with Crippen molar-refractivity contribution in [3.05, 3.63) is 36.4 Å². The molecular weight excluding hydrogens is 326 g/mol. The molecule has 1 aliphatic heterocycles. The molecule has 2 heterocycles. The predicted octanol–water partition coefficient (Wildman–Crippen LogP) is 2.96. The topological polar surface area (TPSA) is 62.3 Å². The molecule has 0 unspecified atom stereocenters. The molecule has 140 valence electrons. The highest BCUT2D eigenvalue weighted by Gasteiger charge is 2.11. The molecule has 6 nitrogen and oxygen atoms in total. The molecule has 0 aliphatic carbocycles. The lowest BCUT2D eigenvalue weighted by Crippen LogP contribution is -2.39. The summed E-state index contributed by atoms with van der Waals surface area (Å²) in [4.78, 5) is 11.7.